The molecule has 2 aliphatic rings. The minimum atomic E-state index is -0.840. The van der Waals surface area contributed by atoms with E-state index in [1.165, 1.54) is 0 Å². The van der Waals surface area contributed by atoms with Crippen LogP contribution in [0.25, 0.3) is 0 Å². The third-order valence-electron chi connectivity index (χ3n) is 4.68. The molecule has 4 N–H and O–H groups in total. The average Bonchev–Trinajstić information content (AvgIpc) is 2.37. The van der Waals surface area contributed by atoms with Crippen LogP contribution in [0.2, 0.25) is 0 Å². The summed E-state index contributed by atoms with van der Waals surface area (Å²) in [7, 11) is 0. The van der Waals surface area contributed by atoms with Gasteiger partial charge in [-0.3, -0.25) is 4.79 Å². The summed E-state index contributed by atoms with van der Waals surface area (Å²) in [6, 6.07) is 0. The normalized spacial score (nSPS) is 37.6. The lowest BCUT2D eigenvalue weighted by Crippen LogP contribution is -2.82. The standard InChI is InChI=1S/C13H24N2O3/c1-12(2)10-9(5-3-8-18-10)13(12,14)11(17)15-6-4-7-16/h9-10,16H,3-8,14H2,1-2H3,(H,15,17). The molecule has 104 valence electrons. The maximum atomic E-state index is 12.3. The van der Waals surface area contributed by atoms with Crippen molar-refractivity contribution in [2.24, 2.45) is 17.1 Å². The van der Waals surface area contributed by atoms with Crippen molar-refractivity contribution < 1.29 is 14.6 Å². The fourth-order valence-electron chi connectivity index (χ4n) is 3.46. The first-order valence-electron chi connectivity index (χ1n) is 6.76. The summed E-state index contributed by atoms with van der Waals surface area (Å²) in [6.07, 6.45) is 2.59. The molecule has 1 aliphatic carbocycles. The first-order valence-corrected chi connectivity index (χ1v) is 6.76. The molecule has 1 heterocycles. The zero-order valence-electron chi connectivity index (χ0n) is 11.2. The summed E-state index contributed by atoms with van der Waals surface area (Å²) in [6.45, 7) is 5.34. The van der Waals surface area contributed by atoms with Crippen molar-refractivity contribution in [3.63, 3.8) is 0 Å². The summed E-state index contributed by atoms with van der Waals surface area (Å²) < 4.78 is 5.76. The van der Waals surface area contributed by atoms with E-state index in [0.29, 0.717) is 13.0 Å². The Hall–Kier alpha value is -0.650. The third kappa shape index (κ3) is 1.76. The van der Waals surface area contributed by atoms with Gasteiger partial charge in [0.05, 0.1) is 6.10 Å². The second kappa shape index (κ2) is 4.79. The van der Waals surface area contributed by atoms with Gasteiger partial charge in [-0.2, -0.15) is 0 Å². The highest BCUT2D eigenvalue weighted by atomic mass is 16.5. The van der Waals surface area contributed by atoms with Crippen molar-refractivity contribution in [1.29, 1.82) is 0 Å². The summed E-state index contributed by atoms with van der Waals surface area (Å²) >= 11 is 0. The predicted molar refractivity (Wildman–Crippen MR) is 67.9 cm³/mol. The molecule has 0 bridgehead atoms. The monoisotopic (exact) mass is 256 g/mol. The van der Waals surface area contributed by atoms with E-state index in [1.54, 1.807) is 0 Å². The quantitative estimate of drug-likeness (QED) is 0.619. The molecule has 3 unspecified atom stereocenters. The number of aliphatic hydroxyl groups is 1. The van der Waals surface area contributed by atoms with Crippen LogP contribution in [0.5, 0.6) is 0 Å². The van der Waals surface area contributed by atoms with Crippen molar-refractivity contribution in [3.05, 3.63) is 0 Å². The SMILES string of the molecule is CC1(C)C2OCCCC2C1(N)C(=O)NCCCO. The summed E-state index contributed by atoms with van der Waals surface area (Å²) in [5.74, 6) is 0.0167. The smallest absolute Gasteiger partial charge is 0.241 e. The van der Waals surface area contributed by atoms with Crippen LogP contribution in [0, 0.1) is 11.3 Å². The van der Waals surface area contributed by atoms with Crippen LogP contribution >= 0.6 is 0 Å². The highest BCUT2D eigenvalue weighted by Gasteiger charge is 2.70. The first-order chi connectivity index (χ1) is 8.46. The molecule has 0 aromatic carbocycles. The van der Waals surface area contributed by atoms with E-state index in [1.807, 2.05) is 13.8 Å². The molecule has 0 radical (unpaired) electrons. The zero-order chi connectivity index (χ0) is 13.4. The second-order valence-corrected chi connectivity index (χ2v) is 5.96. The van der Waals surface area contributed by atoms with Gasteiger partial charge in [0, 0.05) is 31.1 Å². The lowest BCUT2D eigenvalue weighted by molar-refractivity contribution is -0.225. The van der Waals surface area contributed by atoms with Crippen LogP contribution in [-0.4, -0.2) is 42.4 Å². The Kier molecular flexibility index (Phi) is 3.67. The topological polar surface area (TPSA) is 84.6 Å². The largest absolute Gasteiger partial charge is 0.396 e. The van der Waals surface area contributed by atoms with Gasteiger partial charge < -0.3 is 20.9 Å². The molecule has 5 nitrogen and oxygen atoms in total. The lowest BCUT2D eigenvalue weighted by atomic mass is 9.46. The fourth-order valence-corrected chi connectivity index (χ4v) is 3.46. The van der Waals surface area contributed by atoms with Crippen molar-refractivity contribution in [3.8, 4) is 0 Å². The Morgan fingerprint density at radius 2 is 2.28 bits per heavy atom. The van der Waals surface area contributed by atoms with Crippen LogP contribution in [0.15, 0.2) is 0 Å². The van der Waals surface area contributed by atoms with Gasteiger partial charge in [0.25, 0.3) is 0 Å². The number of carbonyl (C=O) groups is 1. The Morgan fingerprint density at radius 1 is 1.56 bits per heavy atom. The Balaban J connectivity index is 2.06. The van der Waals surface area contributed by atoms with Gasteiger partial charge in [-0.1, -0.05) is 13.8 Å². The molecule has 1 aliphatic heterocycles. The summed E-state index contributed by atoms with van der Waals surface area (Å²) in [5.41, 5.74) is 5.23. The Labute approximate surface area is 108 Å². The van der Waals surface area contributed by atoms with Crippen molar-refractivity contribution >= 4 is 5.91 Å². The van der Waals surface area contributed by atoms with Gasteiger partial charge in [-0.05, 0) is 19.3 Å². The van der Waals surface area contributed by atoms with E-state index in [-0.39, 0.29) is 30.0 Å². The lowest BCUT2D eigenvalue weighted by Gasteiger charge is -2.65. The number of nitrogens with two attached hydrogens (primary N) is 1. The number of hydrogen-bond donors (Lipinski definition) is 3. The van der Waals surface area contributed by atoms with E-state index >= 15 is 0 Å². The second-order valence-electron chi connectivity index (χ2n) is 5.96. The molecule has 2 rings (SSSR count). The number of nitrogens with one attached hydrogen (secondary N) is 1. The molecule has 5 heteroatoms. The molecule has 0 spiro atoms. The minimum Gasteiger partial charge on any atom is -0.396 e. The van der Waals surface area contributed by atoms with E-state index in [2.05, 4.69) is 5.32 Å². The summed E-state index contributed by atoms with van der Waals surface area (Å²) in [4.78, 5) is 12.3. The summed E-state index contributed by atoms with van der Waals surface area (Å²) in [5, 5.41) is 11.6. The van der Waals surface area contributed by atoms with Gasteiger partial charge in [0.15, 0.2) is 0 Å². The zero-order valence-corrected chi connectivity index (χ0v) is 11.2. The molecule has 1 saturated heterocycles. The van der Waals surface area contributed by atoms with Gasteiger partial charge in [-0.25, -0.2) is 0 Å². The highest BCUT2D eigenvalue weighted by Crippen LogP contribution is 2.57. The molecule has 0 aromatic rings. The van der Waals surface area contributed by atoms with Crippen LogP contribution in [0.1, 0.15) is 33.1 Å². The fraction of sp³-hybridized carbons (Fsp3) is 0.923. The van der Waals surface area contributed by atoms with E-state index in [9.17, 15) is 4.79 Å². The molecule has 1 saturated carbocycles. The number of ether oxygens (including phenoxy) is 1. The average molecular weight is 256 g/mol. The van der Waals surface area contributed by atoms with E-state index in [0.717, 1.165) is 19.4 Å². The van der Waals surface area contributed by atoms with Gasteiger partial charge >= 0.3 is 0 Å². The maximum Gasteiger partial charge on any atom is 0.241 e. The van der Waals surface area contributed by atoms with Crippen molar-refractivity contribution in [2.75, 3.05) is 19.8 Å². The number of amides is 1. The Morgan fingerprint density at radius 3 is 2.94 bits per heavy atom. The van der Waals surface area contributed by atoms with E-state index < -0.39 is 5.54 Å². The third-order valence-corrected chi connectivity index (χ3v) is 4.68. The highest BCUT2D eigenvalue weighted by molar-refractivity contribution is 5.89. The number of rotatable bonds is 4. The number of hydrogen-bond acceptors (Lipinski definition) is 4. The van der Waals surface area contributed by atoms with Crippen molar-refractivity contribution in [1.82, 2.24) is 5.32 Å². The molecule has 0 aromatic heterocycles. The first kappa shape index (κ1) is 13.8. The minimum absolute atomic E-state index is 0.0798. The number of aliphatic hydroxyl groups excluding tert-OH is 1. The Bertz CT molecular complexity index is 332. The molecule has 1 amide bonds. The maximum absolute atomic E-state index is 12.3. The van der Waals surface area contributed by atoms with Crippen molar-refractivity contribution in [2.45, 2.75) is 44.8 Å². The van der Waals surface area contributed by atoms with E-state index in [4.69, 9.17) is 15.6 Å². The van der Waals surface area contributed by atoms with Gasteiger partial charge in [0.2, 0.25) is 5.91 Å². The molecule has 3 atom stereocenters. The van der Waals surface area contributed by atoms with Crippen LogP contribution < -0.4 is 11.1 Å². The predicted octanol–water partition coefficient (Wildman–Crippen LogP) is 0.0175. The number of fused-ring (bicyclic) bond motifs is 1. The van der Waals surface area contributed by atoms with Crippen LogP contribution in [-0.2, 0) is 9.53 Å². The molecular weight excluding hydrogens is 232 g/mol. The van der Waals surface area contributed by atoms with Crippen LogP contribution in [0.3, 0.4) is 0 Å². The molecular formula is C13H24N2O3. The van der Waals surface area contributed by atoms with Gasteiger partial charge in [0.1, 0.15) is 5.54 Å². The van der Waals surface area contributed by atoms with Gasteiger partial charge in [-0.15, -0.1) is 0 Å². The molecule has 18 heavy (non-hydrogen) atoms. The number of carbonyl (C=O) groups excluding carboxylic acids is 1. The van der Waals surface area contributed by atoms with Crippen LogP contribution in [0.4, 0.5) is 0 Å². The molecule has 2 fully saturated rings.